The molecule has 17 heavy (non-hydrogen) atoms. The van der Waals surface area contributed by atoms with Crippen LogP contribution in [-0.4, -0.2) is 48.9 Å². The first kappa shape index (κ1) is 12.4. The summed E-state index contributed by atoms with van der Waals surface area (Å²) in [6.45, 7) is 3.78. The summed E-state index contributed by atoms with van der Waals surface area (Å²) in [6.07, 6.45) is 4.34. The van der Waals surface area contributed by atoms with Crippen molar-refractivity contribution in [1.29, 1.82) is 0 Å². The molecule has 0 radical (unpaired) electrons. The maximum absolute atomic E-state index is 11.7. The summed E-state index contributed by atoms with van der Waals surface area (Å²) in [7, 11) is 0. The lowest BCUT2D eigenvalue weighted by Crippen LogP contribution is -2.45. The highest BCUT2D eigenvalue weighted by Crippen LogP contribution is 2.08. The van der Waals surface area contributed by atoms with Crippen molar-refractivity contribution in [3.05, 3.63) is 0 Å². The van der Waals surface area contributed by atoms with Crippen molar-refractivity contribution in [3.8, 4) is 0 Å². The lowest BCUT2D eigenvalue weighted by Gasteiger charge is -2.23. The molecule has 0 aromatic rings. The number of hydrogen-bond acceptors (Lipinski definition) is 3. The zero-order valence-corrected chi connectivity index (χ0v) is 10.2. The first-order valence-electron chi connectivity index (χ1n) is 6.52. The quantitative estimate of drug-likeness (QED) is 0.718. The fourth-order valence-electron chi connectivity index (χ4n) is 2.47. The van der Waals surface area contributed by atoms with Gasteiger partial charge in [0.1, 0.15) is 0 Å². The van der Waals surface area contributed by atoms with Crippen LogP contribution in [0.5, 0.6) is 0 Å². The molecular formula is C12H21N3O2. The Morgan fingerprint density at radius 1 is 1.41 bits per heavy atom. The molecular weight excluding hydrogens is 218 g/mol. The maximum Gasteiger partial charge on any atom is 0.222 e. The molecule has 96 valence electrons. The Labute approximate surface area is 102 Å². The Hall–Kier alpha value is -1.10. The van der Waals surface area contributed by atoms with E-state index in [0.29, 0.717) is 19.4 Å². The number of likely N-dealkylation sites (tertiary alicyclic amines) is 1. The third kappa shape index (κ3) is 4.00. The van der Waals surface area contributed by atoms with E-state index in [0.717, 1.165) is 26.1 Å². The molecule has 2 aliphatic heterocycles. The molecule has 2 aliphatic rings. The second kappa shape index (κ2) is 6.00. The number of nitrogens with one attached hydrogen (secondary N) is 2. The minimum absolute atomic E-state index is 0.0369. The molecule has 5 nitrogen and oxygen atoms in total. The summed E-state index contributed by atoms with van der Waals surface area (Å²) >= 11 is 0. The van der Waals surface area contributed by atoms with Crippen LogP contribution < -0.4 is 10.6 Å². The van der Waals surface area contributed by atoms with Gasteiger partial charge in [-0.3, -0.25) is 9.59 Å². The first-order valence-corrected chi connectivity index (χ1v) is 6.52. The van der Waals surface area contributed by atoms with Crippen LogP contribution in [-0.2, 0) is 9.59 Å². The SMILES string of the molecule is O=C1CC(NC(=O)CCN2CCCC2)CCN1. The Bertz CT molecular complexity index is 287. The molecule has 5 heteroatoms. The fourth-order valence-corrected chi connectivity index (χ4v) is 2.47. The van der Waals surface area contributed by atoms with Gasteiger partial charge in [0, 0.05) is 32.0 Å². The molecule has 0 aliphatic carbocycles. The molecule has 1 atom stereocenters. The van der Waals surface area contributed by atoms with E-state index in [-0.39, 0.29) is 17.9 Å². The number of carbonyl (C=O) groups is 2. The van der Waals surface area contributed by atoms with Gasteiger partial charge in [0.05, 0.1) is 0 Å². The summed E-state index contributed by atoms with van der Waals surface area (Å²) in [4.78, 5) is 25.2. The molecule has 2 fully saturated rings. The molecule has 0 bridgehead atoms. The number of carbonyl (C=O) groups excluding carboxylic acids is 2. The summed E-state index contributed by atoms with van der Waals surface area (Å²) in [5, 5.41) is 5.71. The predicted molar refractivity (Wildman–Crippen MR) is 64.5 cm³/mol. The van der Waals surface area contributed by atoms with Crippen LogP contribution in [0.3, 0.4) is 0 Å². The first-order chi connectivity index (χ1) is 8.24. The number of amides is 2. The van der Waals surface area contributed by atoms with E-state index in [1.807, 2.05) is 0 Å². The molecule has 0 spiro atoms. The van der Waals surface area contributed by atoms with Crippen molar-refractivity contribution in [2.24, 2.45) is 0 Å². The average molecular weight is 239 g/mol. The summed E-state index contributed by atoms with van der Waals surface area (Å²) < 4.78 is 0. The van der Waals surface area contributed by atoms with Crippen LogP contribution in [0.25, 0.3) is 0 Å². The third-order valence-corrected chi connectivity index (χ3v) is 3.47. The highest BCUT2D eigenvalue weighted by atomic mass is 16.2. The fraction of sp³-hybridized carbons (Fsp3) is 0.833. The van der Waals surface area contributed by atoms with Gasteiger partial charge in [0.25, 0.3) is 0 Å². The smallest absolute Gasteiger partial charge is 0.222 e. The van der Waals surface area contributed by atoms with Crippen molar-refractivity contribution in [2.45, 2.75) is 38.1 Å². The molecule has 2 N–H and O–H groups in total. The van der Waals surface area contributed by atoms with E-state index in [4.69, 9.17) is 0 Å². The van der Waals surface area contributed by atoms with Crippen molar-refractivity contribution < 1.29 is 9.59 Å². The van der Waals surface area contributed by atoms with Crippen molar-refractivity contribution in [2.75, 3.05) is 26.2 Å². The lowest BCUT2D eigenvalue weighted by molar-refractivity contribution is -0.125. The molecule has 0 saturated carbocycles. The Morgan fingerprint density at radius 2 is 2.18 bits per heavy atom. The standard InChI is InChI=1S/C12H21N3O2/c16-11(4-8-15-6-1-2-7-15)14-10-3-5-13-12(17)9-10/h10H,1-9H2,(H,13,17)(H,14,16). The molecule has 0 aromatic carbocycles. The van der Waals surface area contributed by atoms with Crippen LogP contribution >= 0.6 is 0 Å². The lowest BCUT2D eigenvalue weighted by atomic mass is 10.1. The Morgan fingerprint density at radius 3 is 2.88 bits per heavy atom. The number of piperidine rings is 1. The molecule has 2 saturated heterocycles. The van der Waals surface area contributed by atoms with Gasteiger partial charge in [-0.1, -0.05) is 0 Å². The molecule has 2 heterocycles. The van der Waals surface area contributed by atoms with Gasteiger partial charge >= 0.3 is 0 Å². The average Bonchev–Trinajstić information content (AvgIpc) is 2.79. The highest BCUT2D eigenvalue weighted by molar-refractivity contribution is 5.80. The van der Waals surface area contributed by atoms with Crippen molar-refractivity contribution >= 4 is 11.8 Å². The third-order valence-electron chi connectivity index (χ3n) is 3.47. The molecule has 2 rings (SSSR count). The van der Waals surface area contributed by atoms with Gasteiger partial charge in [0.2, 0.25) is 11.8 Å². The summed E-state index contributed by atoms with van der Waals surface area (Å²) in [5.74, 6) is 0.123. The minimum Gasteiger partial charge on any atom is -0.356 e. The van der Waals surface area contributed by atoms with Gasteiger partial charge in [-0.25, -0.2) is 0 Å². The van der Waals surface area contributed by atoms with E-state index in [9.17, 15) is 9.59 Å². The van der Waals surface area contributed by atoms with Gasteiger partial charge in [0.15, 0.2) is 0 Å². The largest absolute Gasteiger partial charge is 0.356 e. The second-order valence-electron chi connectivity index (χ2n) is 4.91. The maximum atomic E-state index is 11.7. The van der Waals surface area contributed by atoms with Crippen LogP contribution in [0.4, 0.5) is 0 Å². The summed E-state index contributed by atoms with van der Waals surface area (Å²) in [5.41, 5.74) is 0. The Balaban J connectivity index is 1.64. The Kier molecular flexibility index (Phi) is 4.36. The predicted octanol–water partition coefficient (Wildman–Crippen LogP) is -0.133. The van der Waals surface area contributed by atoms with Crippen molar-refractivity contribution in [1.82, 2.24) is 15.5 Å². The second-order valence-corrected chi connectivity index (χ2v) is 4.91. The van der Waals surface area contributed by atoms with E-state index in [1.54, 1.807) is 0 Å². The number of hydrogen-bond donors (Lipinski definition) is 2. The van der Waals surface area contributed by atoms with Crippen molar-refractivity contribution in [3.63, 3.8) is 0 Å². The van der Waals surface area contributed by atoms with Gasteiger partial charge in [-0.05, 0) is 32.4 Å². The molecule has 0 aromatic heterocycles. The van der Waals surface area contributed by atoms with Gasteiger partial charge in [-0.15, -0.1) is 0 Å². The normalized spacial score (nSPS) is 25.6. The zero-order valence-electron chi connectivity index (χ0n) is 10.2. The van der Waals surface area contributed by atoms with Crippen LogP contribution in [0, 0.1) is 0 Å². The van der Waals surface area contributed by atoms with Crippen LogP contribution in [0.1, 0.15) is 32.1 Å². The van der Waals surface area contributed by atoms with E-state index >= 15 is 0 Å². The topological polar surface area (TPSA) is 61.4 Å². The van der Waals surface area contributed by atoms with Gasteiger partial charge < -0.3 is 15.5 Å². The van der Waals surface area contributed by atoms with E-state index in [1.165, 1.54) is 12.8 Å². The van der Waals surface area contributed by atoms with Gasteiger partial charge in [-0.2, -0.15) is 0 Å². The minimum atomic E-state index is 0.0369. The highest BCUT2D eigenvalue weighted by Gasteiger charge is 2.21. The van der Waals surface area contributed by atoms with E-state index in [2.05, 4.69) is 15.5 Å². The van der Waals surface area contributed by atoms with E-state index < -0.39 is 0 Å². The number of nitrogens with zero attached hydrogens (tertiary/aromatic N) is 1. The zero-order chi connectivity index (χ0) is 12.1. The summed E-state index contributed by atoms with van der Waals surface area (Å²) in [6, 6.07) is 0.0369. The molecule has 1 unspecified atom stereocenters. The monoisotopic (exact) mass is 239 g/mol. The number of rotatable bonds is 4. The molecule has 2 amide bonds. The van der Waals surface area contributed by atoms with Crippen LogP contribution in [0.15, 0.2) is 0 Å². The van der Waals surface area contributed by atoms with Crippen LogP contribution in [0.2, 0.25) is 0 Å².